The Bertz CT molecular complexity index is 833. The second-order valence-electron chi connectivity index (χ2n) is 6.37. The zero-order valence-electron chi connectivity index (χ0n) is 16.0. The molecular weight excluding hydrogens is 386 g/mol. The highest BCUT2D eigenvalue weighted by atomic mass is 32.2. The van der Waals surface area contributed by atoms with Gasteiger partial charge < -0.3 is 19.5 Å². The summed E-state index contributed by atoms with van der Waals surface area (Å²) in [5, 5.41) is 2.55. The summed E-state index contributed by atoms with van der Waals surface area (Å²) >= 11 is 0. The minimum Gasteiger partial charge on any atom is -0.493 e. The Balaban J connectivity index is 1.82. The van der Waals surface area contributed by atoms with Gasteiger partial charge in [0.15, 0.2) is 27.9 Å². The first kappa shape index (κ1) is 21.7. The molecule has 0 spiro atoms. The normalized spacial score (nSPS) is 18.0. The molecule has 0 unspecified atom stereocenters. The maximum atomic E-state index is 11.8. The number of methoxy groups -OCH3 is 1. The van der Waals surface area contributed by atoms with Crippen molar-refractivity contribution in [3.05, 3.63) is 29.8 Å². The molecule has 1 fully saturated rings. The molecule has 1 aliphatic rings. The summed E-state index contributed by atoms with van der Waals surface area (Å²) in [5.74, 6) is -0.0505. The zero-order chi connectivity index (χ0) is 20.6. The second kappa shape index (κ2) is 10.1. The lowest BCUT2D eigenvalue weighted by atomic mass is 10.2. The second-order valence-corrected chi connectivity index (χ2v) is 8.60. The smallest absolute Gasteiger partial charge is 0.331 e. The van der Waals surface area contributed by atoms with E-state index in [9.17, 15) is 18.0 Å². The van der Waals surface area contributed by atoms with Gasteiger partial charge >= 0.3 is 5.97 Å². The number of sulfone groups is 1. The molecule has 0 saturated carbocycles. The fraction of sp³-hybridized carbons (Fsp3) is 0.474. The number of rotatable bonds is 9. The zero-order valence-corrected chi connectivity index (χ0v) is 16.8. The predicted molar refractivity (Wildman–Crippen MR) is 104 cm³/mol. The van der Waals surface area contributed by atoms with Gasteiger partial charge in [0, 0.05) is 12.1 Å². The Morgan fingerprint density at radius 2 is 2.07 bits per heavy atom. The highest BCUT2D eigenvalue weighted by Crippen LogP contribution is 2.28. The maximum Gasteiger partial charge on any atom is 0.331 e. The van der Waals surface area contributed by atoms with Gasteiger partial charge in [0.1, 0.15) is 0 Å². The lowest BCUT2D eigenvalue weighted by molar-refractivity contribution is -0.143. The number of esters is 1. The highest BCUT2D eigenvalue weighted by Gasteiger charge is 2.28. The van der Waals surface area contributed by atoms with Crippen molar-refractivity contribution in [3.8, 4) is 11.5 Å². The van der Waals surface area contributed by atoms with Crippen molar-refractivity contribution in [3.63, 3.8) is 0 Å². The third-order valence-corrected chi connectivity index (χ3v) is 5.77. The summed E-state index contributed by atoms with van der Waals surface area (Å²) in [7, 11) is -1.55. The summed E-state index contributed by atoms with van der Waals surface area (Å²) < 4.78 is 38.5. The number of carbonyl (C=O) groups excluding carboxylic acids is 2. The Labute approximate surface area is 164 Å². The molecule has 2 rings (SSSR count). The minimum absolute atomic E-state index is 0.0617. The monoisotopic (exact) mass is 411 g/mol. The molecule has 1 aromatic rings. The Hall–Kier alpha value is -2.55. The van der Waals surface area contributed by atoms with E-state index in [-0.39, 0.29) is 11.5 Å². The number of ether oxygens (including phenoxy) is 3. The largest absolute Gasteiger partial charge is 0.493 e. The summed E-state index contributed by atoms with van der Waals surface area (Å²) in [4.78, 5) is 23.5. The van der Waals surface area contributed by atoms with Crippen molar-refractivity contribution in [2.75, 3.05) is 31.8 Å². The van der Waals surface area contributed by atoms with Crippen molar-refractivity contribution in [2.45, 2.75) is 25.8 Å². The first-order valence-electron chi connectivity index (χ1n) is 8.98. The van der Waals surface area contributed by atoms with Gasteiger partial charge in [-0.05, 0) is 36.6 Å². The SMILES string of the molecule is CCCOc1ccc(/C=C/C(=O)OCC(=O)N[C@@H]2CCS(=O)(=O)C2)cc1OC. The predicted octanol–water partition coefficient (Wildman–Crippen LogP) is 1.34. The van der Waals surface area contributed by atoms with E-state index >= 15 is 0 Å². The number of amides is 1. The average molecular weight is 411 g/mol. The molecule has 1 amide bonds. The molecule has 1 N–H and O–H groups in total. The van der Waals surface area contributed by atoms with Gasteiger partial charge in [0.05, 0.1) is 25.2 Å². The van der Waals surface area contributed by atoms with Crippen LogP contribution in [-0.2, 0) is 24.2 Å². The van der Waals surface area contributed by atoms with Crippen molar-refractivity contribution in [1.29, 1.82) is 0 Å². The van der Waals surface area contributed by atoms with Crippen LogP contribution in [0.5, 0.6) is 11.5 Å². The van der Waals surface area contributed by atoms with E-state index in [4.69, 9.17) is 14.2 Å². The van der Waals surface area contributed by atoms with E-state index < -0.39 is 34.4 Å². The van der Waals surface area contributed by atoms with Crippen LogP contribution < -0.4 is 14.8 Å². The molecule has 9 heteroatoms. The van der Waals surface area contributed by atoms with Crippen LogP contribution in [-0.4, -0.2) is 58.2 Å². The Morgan fingerprint density at radius 3 is 2.71 bits per heavy atom. The molecule has 1 heterocycles. The molecule has 0 aliphatic carbocycles. The number of carbonyl (C=O) groups is 2. The topological polar surface area (TPSA) is 108 Å². The highest BCUT2D eigenvalue weighted by molar-refractivity contribution is 7.91. The quantitative estimate of drug-likeness (QED) is 0.483. The van der Waals surface area contributed by atoms with Crippen LogP contribution in [0.1, 0.15) is 25.3 Å². The molecule has 1 aliphatic heterocycles. The van der Waals surface area contributed by atoms with E-state index in [1.165, 1.54) is 19.3 Å². The van der Waals surface area contributed by atoms with Crippen molar-refractivity contribution < 1.29 is 32.2 Å². The van der Waals surface area contributed by atoms with E-state index in [0.29, 0.717) is 30.1 Å². The molecule has 0 radical (unpaired) electrons. The molecular formula is C19H25NO7S. The summed E-state index contributed by atoms with van der Waals surface area (Å²) in [6.07, 6.45) is 3.99. The van der Waals surface area contributed by atoms with Crippen molar-refractivity contribution in [2.24, 2.45) is 0 Å². The Kier molecular flexibility index (Phi) is 7.86. The van der Waals surface area contributed by atoms with E-state index in [0.717, 1.165) is 6.42 Å². The number of nitrogens with one attached hydrogen (secondary N) is 1. The van der Waals surface area contributed by atoms with E-state index in [1.54, 1.807) is 18.2 Å². The molecule has 154 valence electrons. The van der Waals surface area contributed by atoms with Crippen molar-refractivity contribution in [1.82, 2.24) is 5.32 Å². The van der Waals surface area contributed by atoms with Gasteiger partial charge in [-0.3, -0.25) is 4.79 Å². The maximum absolute atomic E-state index is 11.8. The van der Waals surface area contributed by atoms with E-state index in [2.05, 4.69) is 5.32 Å². The third-order valence-electron chi connectivity index (χ3n) is 4.00. The average Bonchev–Trinajstić information content (AvgIpc) is 3.01. The Morgan fingerprint density at radius 1 is 1.29 bits per heavy atom. The van der Waals surface area contributed by atoms with Gasteiger partial charge in [-0.25, -0.2) is 13.2 Å². The van der Waals surface area contributed by atoms with Crippen LogP contribution in [0, 0.1) is 0 Å². The summed E-state index contributed by atoms with van der Waals surface area (Å²) in [6, 6.07) is 4.82. The fourth-order valence-electron chi connectivity index (χ4n) is 2.65. The van der Waals surface area contributed by atoms with Gasteiger partial charge in [0.25, 0.3) is 5.91 Å². The van der Waals surface area contributed by atoms with Crippen molar-refractivity contribution >= 4 is 27.8 Å². The lowest BCUT2D eigenvalue weighted by Crippen LogP contribution is -2.38. The molecule has 1 aromatic carbocycles. The summed E-state index contributed by atoms with van der Waals surface area (Å²) in [6.45, 7) is 2.12. The van der Waals surface area contributed by atoms with Gasteiger partial charge in [-0.1, -0.05) is 13.0 Å². The number of hydrogen-bond acceptors (Lipinski definition) is 7. The minimum atomic E-state index is -3.08. The van der Waals surface area contributed by atoms with Gasteiger partial charge in [-0.15, -0.1) is 0 Å². The van der Waals surface area contributed by atoms with Crippen LogP contribution >= 0.6 is 0 Å². The van der Waals surface area contributed by atoms with E-state index in [1.807, 2.05) is 6.92 Å². The number of benzene rings is 1. The van der Waals surface area contributed by atoms with Crippen LogP contribution in [0.3, 0.4) is 0 Å². The van der Waals surface area contributed by atoms with Crippen LogP contribution in [0.15, 0.2) is 24.3 Å². The summed E-state index contributed by atoms with van der Waals surface area (Å²) in [5.41, 5.74) is 0.707. The molecule has 0 aromatic heterocycles. The standard InChI is InChI=1S/C19H25NO7S/c1-3-9-26-16-6-4-14(11-17(16)25-2)5-7-19(22)27-12-18(21)20-15-8-10-28(23,24)13-15/h4-7,11,15H,3,8-10,12-13H2,1-2H3,(H,20,21)/b7-5+/t15-/m1/s1. The molecule has 1 atom stereocenters. The number of hydrogen-bond donors (Lipinski definition) is 1. The molecule has 0 bridgehead atoms. The van der Waals surface area contributed by atoms with Crippen LogP contribution in [0.4, 0.5) is 0 Å². The van der Waals surface area contributed by atoms with Gasteiger partial charge in [-0.2, -0.15) is 0 Å². The third kappa shape index (κ3) is 6.88. The van der Waals surface area contributed by atoms with Crippen LogP contribution in [0.25, 0.3) is 6.08 Å². The van der Waals surface area contributed by atoms with Crippen LogP contribution in [0.2, 0.25) is 0 Å². The fourth-order valence-corrected chi connectivity index (χ4v) is 4.32. The molecule has 1 saturated heterocycles. The molecule has 8 nitrogen and oxygen atoms in total. The lowest BCUT2D eigenvalue weighted by Gasteiger charge is -2.11. The first-order valence-corrected chi connectivity index (χ1v) is 10.8. The molecule has 28 heavy (non-hydrogen) atoms. The van der Waals surface area contributed by atoms with Gasteiger partial charge in [0.2, 0.25) is 0 Å². The first-order chi connectivity index (χ1) is 13.3.